The highest BCUT2D eigenvalue weighted by Crippen LogP contribution is 2.21. The Morgan fingerprint density at radius 3 is 2.73 bits per heavy atom. The average molecular weight is 377 g/mol. The van der Waals surface area contributed by atoms with Crippen molar-refractivity contribution in [2.75, 3.05) is 18.2 Å². The van der Waals surface area contributed by atoms with Gasteiger partial charge in [0.25, 0.3) is 0 Å². The fraction of sp³-hybridized carbons (Fsp3) is 0.263. The molecule has 0 atom stereocenters. The number of thioether (sulfide) groups is 1. The van der Waals surface area contributed by atoms with Crippen molar-refractivity contribution in [1.29, 1.82) is 0 Å². The second-order valence-electron chi connectivity index (χ2n) is 5.57. The second kappa shape index (κ2) is 9.82. The fourth-order valence-corrected chi connectivity index (χ4v) is 3.07. The van der Waals surface area contributed by atoms with Gasteiger partial charge in [0.15, 0.2) is 11.6 Å². The van der Waals surface area contributed by atoms with Gasteiger partial charge in [-0.1, -0.05) is 24.3 Å². The van der Waals surface area contributed by atoms with Crippen molar-refractivity contribution in [3.05, 3.63) is 59.4 Å². The Morgan fingerprint density at radius 2 is 2.00 bits per heavy atom. The van der Waals surface area contributed by atoms with E-state index in [0.717, 1.165) is 5.56 Å². The number of ether oxygens (including phenoxy) is 1. The van der Waals surface area contributed by atoms with Crippen molar-refractivity contribution in [3.63, 3.8) is 0 Å². The van der Waals surface area contributed by atoms with Crippen molar-refractivity contribution >= 4 is 29.3 Å². The molecule has 2 rings (SSSR count). The molecule has 0 aliphatic carbocycles. The van der Waals surface area contributed by atoms with Gasteiger partial charge >= 0.3 is 5.97 Å². The van der Waals surface area contributed by atoms with E-state index in [1.54, 1.807) is 30.3 Å². The molecule has 26 heavy (non-hydrogen) atoms. The summed E-state index contributed by atoms with van der Waals surface area (Å²) in [5, 5.41) is 11.4. The van der Waals surface area contributed by atoms with Crippen LogP contribution in [0.2, 0.25) is 0 Å². The summed E-state index contributed by atoms with van der Waals surface area (Å²) in [6.45, 7) is 0. The van der Waals surface area contributed by atoms with E-state index >= 15 is 0 Å². The van der Waals surface area contributed by atoms with Crippen LogP contribution < -0.4 is 10.1 Å². The molecule has 1 amide bonds. The largest absolute Gasteiger partial charge is 0.494 e. The van der Waals surface area contributed by atoms with Crippen molar-refractivity contribution in [3.8, 4) is 5.75 Å². The molecule has 0 bridgehead atoms. The van der Waals surface area contributed by atoms with Gasteiger partial charge in [0.1, 0.15) is 0 Å². The molecule has 0 aliphatic heterocycles. The summed E-state index contributed by atoms with van der Waals surface area (Å²) >= 11 is 1.29. The average Bonchev–Trinajstić information content (AvgIpc) is 2.61. The van der Waals surface area contributed by atoms with Gasteiger partial charge in [-0.05, 0) is 35.7 Å². The van der Waals surface area contributed by atoms with Gasteiger partial charge in [-0.2, -0.15) is 0 Å². The maximum absolute atomic E-state index is 14.1. The van der Waals surface area contributed by atoms with E-state index in [-0.39, 0.29) is 30.3 Å². The van der Waals surface area contributed by atoms with E-state index in [9.17, 15) is 14.0 Å². The molecule has 5 nitrogen and oxygen atoms in total. The van der Waals surface area contributed by atoms with Crippen LogP contribution >= 0.6 is 11.8 Å². The molecule has 0 aromatic heterocycles. The molecule has 0 aliphatic rings. The van der Waals surface area contributed by atoms with Crippen LogP contribution in [0, 0.1) is 5.82 Å². The number of carbonyl (C=O) groups excluding carboxylic acids is 1. The van der Waals surface area contributed by atoms with Crippen molar-refractivity contribution < 1.29 is 23.8 Å². The first-order valence-corrected chi connectivity index (χ1v) is 9.14. The molecule has 0 heterocycles. The number of methoxy groups -OCH3 is 1. The lowest BCUT2D eigenvalue weighted by Crippen LogP contribution is -2.13. The number of anilines is 1. The first kappa shape index (κ1) is 19.8. The number of aryl methyl sites for hydroxylation is 1. The molecular weight excluding hydrogens is 357 g/mol. The van der Waals surface area contributed by atoms with Crippen LogP contribution in [0.15, 0.2) is 42.5 Å². The lowest BCUT2D eigenvalue weighted by atomic mass is 10.1. The summed E-state index contributed by atoms with van der Waals surface area (Å²) < 4.78 is 19.0. The minimum atomic E-state index is -0.857. The van der Waals surface area contributed by atoms with Gasteiger partial charge in [-0.25, -0.2) is 4.39 Å². The van der Waals surface area contributed by atoms with E-state index in [0.29, 0.717) is 17.0 Å². The highest BCUT2D eigenvalue weighted by Gasteiger charge is 2.10. The smallest absolute Gasteiger partial charge is 0.313 e. The molecule has 2 aromatic carbocycles. The highest BCUT2D eigenvalue weighted by molar-refractivity contribution is 7.99. The molecule has 2 N–H and O–H groups in total. The van der Waals surface area contributed by atoms with E-state index in [4.69, 9.17) is 9.84 Å². The molecule has 0 saturated carbocycles. The number of hydrogen-bond donors (Lipinski definition) is 2. The van der Waals surface area contributed by atoms with Gasteiger partial charge < -0.3 is 15.2 Å². The van der Waals surface area contributed by atoms with Crippen LogP contribution in [-0.4, -0.2) is 29.8 Å². The summed E-state index contributed by atoms with van der Waals surface area (Å²) in [5.41, 5.74) is 1.99. The molecule has 0 fully saturated rings. The summed E-state index contributed by atoms with van der Waals surface area (Å²) in [4.78, 5) is 22.7. The topological polar surface area (TPSA) is 75.6 Å². The van der Waals surface area contributed by atoms with Gasteiger partial charge in [0.05, 0.1) is 12.9 Å². The molecule has 0 unspecified atom stereocenters. The number of nitrogens with one attached hydrogen (secondary N) is 1. The Bertz CT molecular complexity index is 782. The third-order valence-electron chi connectivity index (χ3n) is 3.59. The number of carbonyl (C=O) groups is 2. The maximum atomic E-state index is 14.1. The first-order chi connectivity index (χ1) is 12.5. The van der Waals surface area contributed by atoms with Crippen LogP contribution in [0.5, 0.6) is 5.75 Å². The molecular formula is C19H20FNO4S. The SMILES string of the molecule is COc1cccc(CCC(=O)Nc2cccc(CSCC(=O)O)c2)c1F. The zero-order valence-electron chi connectivity index (χ0n) is 14.3. The van der Waals surface area contributed by atoms with E-state index in [2.05, 4.69) is 5.32 Å². The minimum absolute atomic E-state index is 0.0304. The van der Waals surface area contributed by atoms with Crippen molar-refractivity contribution in [2.24, 2.45) is 0 Å². The number of hydrogen-bond acceptors (Lipinski definition) is 4. The molecule has 2 aromatic rings. The number of carboxylic acid groups (broad SMARTS) is 1. The normalized spacial score (nSPS) is 10.4. The van der Waals surface area contributed by atoms with Crippen LogP contribution in [0.4, 0.5) is 10.1 Å². The van der Waals surface area contributed by atoms with Gasteiger partial charge in [0.2, 0.25) is 5.91 Å². The Morgan fingerprint density at radius 1 is 1.23 bits per heavy atom. The van der Waals surface area contributed by atoms with E-state index in [1.807, 2.05) is 6.07 Å². The predicted molar refractivity (Wildman–Crippen MR) is 100 cm³/mol. The van der Waals surface area contributed by atoms with Gasteiger partial charge in [-0.15, -0.1) is 11.8 Å². The minimum Gasteiger partial charge on any atom is -0.494 e. The number of benzene rings is 2. The lowest BCUT2D eigenvalue weighted by molar-refractivity contribution is -0.133. The van der Waals surface area contributed by atoms with Gasteiger partial charge in [0, 0.05) is 17.9 Å². The lowest BCUT2D eigenvalue weighted by Gasteiger charge is -2.09. The molecule has 0 spiro atoms. The monoisotopic (exact) mass is 377 g/mol. The zero-order valence-corrected chi connectivity index (χ0v) is 15.1. The Labute approximate surface area is 155 Å². The van der Waals surface area contributed by atoms with Gasteiger partial charge in [-0.3, -0.25) is 9.59 Å². The standard InChI is InChI=1S/C19H20FNO4S/c1-25-16-7-3-5-14(19(16)20)8-9-17(22)21-15-6-2-4-13(10-15)11-26-12-18(23)24/h2-7,10H,8-9,11-12H2,1H3,(H,21,22)(H,23,24). The Balaban J connectivity index is 1.89. The number of aliphatic carboxylic acids is 1. The summed E-state index contributed by atoms with van der Waals surface area (Å²) in [7, 11) is 1.40. The summed E-state index contributed by atoms with van der Waals surface area (Å²) in [5.74, 6) is -0.783. The predicted octanol–water partition coefficient (Wildman–Crippen LogP) is 3.72. The first-order valence-electron chi connectivity index (χ1n) is 7.99. The fourth-order valence-electron chi connectivity index (χ4n) is 2.37. The number of carboxylic acids is 1. The zero-order chi connectivity index (χ0) is 18.9. The molecule has 0 saturated heterocycles. The second-order valence-corrected chi connectivity index (χ2v) is 6.55. The third-order valence-corrected chi connectivity index (χ3v) is 4.58. The Kier molecular flexibility index (Phi) is 7.47. The van der Waals surface area contributed by atoms with E-state index in [1.165, 1.54) is 24.9 Å². The maximum Gasteiger partial charge on any atom is 0.313 e. The number of rotatable bonds is 9. The molecule has 0 radical (unpaired) electrons. The summed E-state index contributed by atoms with van der Waals surface area (Å²) in [6.07, 6.45) is 0.408. The Hall–Kier alpha value is -2.54. The number of amides is 1. The third kappa shape index (κ3) is 6.07. The van der Waals surface area contributed by atoms with E-state index < -0.39 is 11.8 Å². The highest BCUT2D eigenvalue weighted by atomic mass is 32.2. The van der Waals surface area contributed by atoms with Crippen molar-refractivity contribution in [1.82, 2.24) is 0 Å². The quantitative estimate of drug-likeness (QED) is 0.697. The van der Waals surface area contributed by atoms with Crippen LogP contribution in [0.1, 0.15) is 17.5 Å². The van der Waals surface area contributed by atoms with Crippen LogP contribution in [0.25, 0.3) is 0 Å². The summed E-state index contributed by atoms with van der Waals surface area (Å²) in [6, 6.07) is 12.1. The van der Waals surface area contributed by atoms with Crippen molar-refractivity contribution in [2.45, 2.75) is 18.6 Å². The molecule has 7 heteroatoms. The molecule has 138 valence electrons. The number of halogens is 1. The van der Waals surface area contributed by atoms with Crippen LogP contribution in [0.3, 0.4) is 0 Å². The van der Waals surface area contributed by atoms with Crippen LogP contribution in [-0.2, 0) is 21.8 Å².